The normalized spacial score (nSPS) is 18.9. The fourth-order valence-corrected chi connectivity index (χ4v) is 4.09. The Hall–Kier alpha value is -1.56. The molecule has 1 amide bonds. The minimum absolute atomic E-state index is 0.0764. The van der Waals surface area contributed by atoms with Gasteiger partial charge in [-0.05, 0) is 57.4 Å². The molecule has 0 radical (unpaired) electrons. The highest BCUT2D eigenvalue weighted by Gasteiger charge is 2.34. The highest BCUT2D eigenvalue weighted by molar-refractivity contribution is 7.92. The number of carbonyl (C=O) groups is 1. The van der Waals surface area contributed by atoms with Crippen molar-refractivity contribution in [3.8, 4) is 0 Å². The molecule has 0 saturated carbocycles. The highest BCUT2D eigenvalue weighted by atomic mass is 32.2. The van der Waals surface area contributed by atoms with Crippen LogP contribution in [0.2, 0.25) is 0 Å². The van der Waals surface area contributed by atoms with Crippen LogP contribution in [-0.4, -0.2) is 32.2 Å². The molecule has 1 aliphatic heterocycles. The zero-order valence-electron chi connectivity index (χ0n) is 13.6. The molecule has 0 aliphatic carbocycles. The van der Waals surface area contributed by atoms with Gasteiger partial charge in [0.2, 0.25) is 10.0 Å². The van der Waals surface area contributed by atoms with Crippen LogP contribution in [0, 0.1) is 0 Å². The maximum absolute atomic E-state index is 12.2. The van der Waals surface area contributed by atoms with Crippen LogP contribution in [-0.2, 0) is 16.4 Å². The summed E-state index contributed by atoms with van der Waals surface area (Å²) in [5.74, 6) is -0.0332. The van der Waals surface area contributed by atoms with E-state index in [9.17, 15) is 13.2 Å². The van der Waals surface area contributed by atoms with Gasteiger partial charge in [0, 0.05) is 17.6 Å². The summed E-state index contributed by atoms with van der Waals surface area (Å²) in [6, 6.07) is 5.28. The molecule has 2 rings (SSSR count). The van der Waals surface area contributed by atoms with E-state index in [1.54, 1.807) is 19.1 Å². The summed E-state index contributed by atoms with van der Waals surface area (Å²) in [4.78, 5) is 12.2. The molecule has 1 heterocycles. The Balaban J connectivity index is 2.31. The first-order valence-corrected chi connectivity index (χ1v) is 9.37. The lowest BCUT2D eigenvalue weighted by molar-refractivity contribution is 0.0939. The number of amides is 1. The van der Waals surface area contributed by atoms with Crippen LogP contribution in [0.5, 0.6) is 0 Å². The van der Waals surface area contributed by atoms with E-state index < -0.39 is 10.0 Å². The molecule has 0 spiro atoms. The van der Waals surface area contributed by atoms with Crippen LogP contribution in [0.4, 0.5) is 5.69 Å². The van der Waals surface area contributed by atoms with E-state index in [4.69, 9.17) is 0 Å². The number of carbonyl (C=O) groups excluding carboxylic acids is 1. The van der Waals surface area contributed by atoms with Crippen molar-refractivity contribution in [1.82, 2.24) is 5.32 Å². The Morgan fingerprint density at radius 1 is 1.41 bits per heavy atom. The monoisotopic (exact) mass is 324 g/mol. The largest absolute Gasteiger partial charge is 0.350 e. The van der Waals surface area contributed by atoms with E-state index in [-0.39, 0.29) is 23.7 Å². The second kappa shape index (κ2) is 6.28. The van der Waals surface area contributed by atoms with Gasteiger partial charge in [-0.2, -0.15) is 0 Å². The number of benzene rings is 1. The fourth-order valence-electron chi connectivity index (χ4n) is 2.72. The SMILES string of the molecule is CC[C@@H](C)NC(=O)c1ccc2c(c1)C[C@H](C)N2S(=O)(=O)CC. The second-order valence-electron chi connectivity index (χ2n) is 5.88. The predicted molar refractivity (Wildman–Crippen MR) is 88.8 cm³/mol. The van der Waals surface area contributed by atoms with Crippen molar-refractivity contribution in [1.29, 1.82) is 0 Å². The fraction of sp³-hybridized carbons (Fsp3) is 0.562. The molecule has 5 nitrogen and oxygen atoms in total. The summed E-state index contributed by atoms with van der Waals surface area (Å²) in [5.41, 5.74) is 2.21. The maximum Gasteiger partial charge on any atom is 0.251 e. The molecule has 6 heteroatoms. The average molecular weight is 324 g/mol. The number of nitrogens with zero attached hydrogens (tertiary/aromatic N) is 1. The molecular formula is C16H24N2O3S. The number of nitrogens with one attached hydrogen (secondary N) is 1. The number of hydrogen-bond acceptors (Lipinski definition) is 3. The molecule has 0 saturated heterocycles. The number of sulfonamides is 1. The molecule has 22 heavy (non-hydrogen) atoms. The van der Waals surface area contributed by atoms with E-state index in [0.717, 1.165) is 12.0 Å². The number of hydrogen-bond donors (Lipinski definition) is 1. The van der Waals surface area contributed by atoms with E-state index in [0.29, 0.717) is 17.7 Å². The summed E-state index contributed by atoms with van der Waals surface area (Å²) >= 11 is 0. The van der Waals surface area contributed by atoms with Crippen molar-refractivity contribution >= 4 is 21.6 Å². The zero-order chi connectivity index (χ0) is 16.5. The molecule has 0 unspecified atom stereocenters. The third-order valence-electron chi connectivity index (χ3n) is 4.15. The lowest BCUT2D eigenvalue weighted by Crippen LogP contribution is -2.36. The van der Waals surface area contributed by atoms with Gasteiger partial charge in [-0.3, -0.25) is 9.10 Å². The van der Waals surface area contributed by atoms with Gasteiger partial charge in [0.15, 0.2) is 0 Å². The van der Waals surface area contributed by atoms with Gasteiger partial charge in [0.05, 0.1) is 11.4 Å². The molecule has 1 aliphatic rings. The average Bonchev–Trinajstić information content (AvgIpc) is 2.82. The van der Waals surface area contributed by atoms with Crippen molar-refractivity contribution in [2.45, 2.75) is 52.6 Å². The van der Waals surface area contributed by atoms with Gasteiger partial charge in [-0.1, -0.05) is 6.92 Å². The minimum Gasteiger partial charge on any atom is -0.350 e. The maximum atomic E-state index is 12.2. The molecule has 0 bridgehead atoms. The quantitative estimate of drug-likeness (QED) is 0.904. The van der Waals surface area contributed by atoms with Crippen molar-refractivity contribution in [3.05, 3.63) is 29.3 Å². The summed E-state index contributed by atoms with van der Waals surface area (Å²) in [6.45, 7) is 7.52. The molecule has 2 atom stereocenters. The lowest BCUT2D eigenvalue weighted by atomic mass is 10.1. The Morgan fingerprint density at radius 2 is 2.09 bits per heavy atom. The molecule has 1 N–H and O–H groups in total. The van der Waals surface area contributed by atoms with Gasteiger partial charge in [-0.25, -0.2) is 8.42 Å². The molecule has 122 valence electrons. The highest BCUT2D eigenvalue weighted by Crippen LogP contribution is 2.35. The van der Waals surface area contributed by atoms with Crippen LogP contribution in [0.1, 0.15) is 50.0 Å². The van der Waals surface area contributed by atoms with Gasteiger partial charge in [0.1, 0.15) is 0 Å². The summed E-state index contributed by atoms with van der Waals surface area (Å²) in [5, 5.41) is 2.93. The molecule has 1 aromatic carbocycles. The molecule has 1 aromatic rings. The van der Waals surface area contributed by atoms with Crippen molar-refractivity contribution < 1.29 is 13.2 Å². The minimum atomic E-state index is -3.28. The number of fused-ring (bicyclic) bond motifs is 1. The Morgan fingerprint density at radius 3 is 2.68 bits per heavy atom. The van der Waals surface area contributed by atoms with Crippen molar-refractivity contribution in [2.24, 2.45) is 0 Å². The number of anilines is 1. The summed E-state index contributed by atoms with van der Waals surface area (Å²) in [6.07, 6.45) is 1.51. The smallest absolute Gasteiger partial charge is 0.251 e. The molecular weight excluding hydrogens is 300 g/mol. The van der Waals surface area contributed by atoms with Gasteiger partial charge in [0.25, 0.3) is 5.91 Å². The van der Waals surface area contributed by atoms with Crippen LogP contribution < -0.4 is 9.62 Å². The third kappa shape index (κ3) is 3.11. The van der Waals surface area contributed by atoms with E-state index in [2.05, 4.69) is 5.32 Å². The van der Waals surface area contributed by atoms with E-state index in [1.165, 1.54) is 4.31 Å². The molecule has 0 aromatic heterocycles. The third-order valence-corrected chi connectivity index (χ3v) is 6.03. The Labute approximate surface area is 132 Å². The van der Waals surface area contributed by atoms with Crippen LogP contribution in [0.25, 0.3) is 0 Å². The Kier molecular flexibility index (Phi) is 4.80. The first kappa shape index (κ1) is 16.8. The summed E-state index contributed by atoms with van der Waals surface area (Å²) < 4.78 is 25.9. The summed E-state index contributed by atoms with van der Waals surface area (Å²) in [7, 11) is -3.28. The topological polar surface area (TPSA) is 66.5 Å². The zero-order valence-corrected chi connectivity index (χ0v) is 14.4. The lowest BCUT2D eigenvalue weighted by Gasteiger charge is -2.23. The first-order valence-electron chi connectivity index (χ1n) is 7.76. The Bertz CT molecular complexity index is 670. The molecule has 0 fully saturated rings. The van der Waals surface area contributed by atoms with Crippen LogP contribution in [0.15, 0.2) is 18.2 Å². The van der Waals surface area contributed by atoms with Crippen LogP contribution in [0.3, 0.4) is 0 Å². The first-order chi connectivity index (χ1) is 10.3. The van der Waals surface area contributed by atoms with Crippen LogP contribution >= 0.6 is 0 Å². The van der Waals surface area contributed by atoms with Gasteiger partial charge in [-0.15, -0.1) is 0 Å². The second-order valence-corrected chi connectivity index (χ2v) is 8.01. The van der Waals surface area contributed by atoms with E-state index in [1.807, 2.05) is 26.8 Å². The van der Waals surface area contributed by atoms with E-state index >= 15 is 0 Å². The standard InChI is InChI=1S/C16H24N2O3S/c1-5-11(3)17-16(19)13-7-8-15-14(10-13)9-12(4)18(15)22(20,21)6-2/h7-8,10-12H,5-6,9H2,1-4H3,(H,17,19)/t11-,12+/m1/s1. The predicted octanol–water partition coefficient (Wildman–Crippen LogP) is 2.32. The van der Waals surface area contributed by atoms with Crippen molar-refractivity contribution in [3.63, 3.8) is 0 Å². The number of rotatable bonds is 5. The van der Waals surface area contributed by atoms with Gasteiger partial charge < -0.3 is 5.32 Å². The van der Waals surface area contributed by atoms with Gasteiger partial charge >= 0.3 is 0 Å². The van der Waals surface area contributed by atoms with Crippen molar-refractivity contribution in [2.75, 3.05) is 10.1 Å².